The fourth-order valence-electron chi connectivity index (χ4n) is 2.60. The first-order valence-electron chi connectivity index (χ1n) is 6.68. The summed E-state index contributed by atoms with van der Waals surface area (Å²) in [6, 6.07) is 2.19. The zero-order chi connectivity index (χ0) is 14.0. The quantitative estimate of drug-likeness (QED) is 0.851. The standard InChI is InChI=1S/C14H21BrN2O2/c1-10(2)17-8-12(15)6-13(17)14(18)16-5-4-11(7-16)9-19-3/h6,8,10-11H,4-5,7,9H2,1-3H3. The molecule has 2 heterocycles. The van der Waals surface area contributed by atoms with Gasteiger partial charge in [-0.15, -0.1) is 0 Å². The van der Waals surface area contributed by atoms with Gasteiger partial charge >= 0.3 is 0 Å². The van der Waals surface area contributed by atoms with E-state index in [1.165, 1.54) is 0 Å². The van der Waals surface area contributed by atoms with Crippen LogP contribution in [-0.4, -0.2) is 42.2 Å². The van der Waals surface area contributed by atoms with Gasteiger partial charge in [0.2, 0.25) is 0 Å². The fourth-order valence-corrected chi connectivity index (χ4v) is 3.03. The summed E-state index contributed by atoms with van der Waals surface area (Å²) >= 11 is 3.45. The molecule has 0 radical (unpaired) electrons. The predicted octanol–water partition coefficient (Wildman–Crippen LogP) is 2.94. The monoisotopic (exact) mass is 328 g/mol. The molecule has 0 spiro atoms. The Hall–Kier alpha value is -0.810. The Labute approximate surface area is 122 Å². The number of amides is 1. The number of ether oxygens (including phenoxy) is 1. The summed E-state index contributed by atoms with van der Waals surface area (Å²) in [6.45, 7) is 6.53. The molecular weight excluding hydrogens is 308 g/mol. The van der Waals surface area contributed by atoms with Gasteiger partial charge in [-0.2, -0.15) is 0 Å². The highest BCUT2D eigenvalue weighted by atomic mass is 79.9. The van der Waals surface area contributed by atoms with Crippen LogP contribution in [0.2, 0.25) is 0 Å². The fraction of sp³-hybridized carbons (Fsp3) is 0.643. The summed E-state index contributed by atoms with van der Waals surface area (Å²) in [5, 5.41) is 0. The minimum atomic E-state index is 0.123. The van der Waals surface area contributed by atoms with Gasteiger partial charge in [0, 0.05) is 42.8 Å². The molecule has 4 nitrogen and oxygen atoms in total. The van der Waals surface area contributed by atoms with Crippen LogP contribution in [0.3, 0.4) is 0 Å². The van der Waals surface area contributed by atoms with Crippen LogP contribution in [-0.2, 0) is 4.74 Å². The second kappa shape index (κ2) is 6.09. The van der Waals surface area contributed by atoms with Crippen LogP contribution >= 0.6 is 15.9 Å². The average molecular weight is 329 g/mol. The van der Waals surface area contributed by atoms with E-state index in [0.717, 1.165) is 36.3 Å². The molecule has 1 aliphatic rings. The highest BCUT2D eigenvalue weighted by molar-refractivity contribution is 9.10. The third-order valence-electron chi connectivity index (χ3n) is 3.57. The molecule has 1 amide bonds. The van der Waals surface area contributed by atoms with E-state index >= 15 is 0 Å². The number of carbonyl (C=O) groups is 1. The second-order valence-corrected chi connectivity index (χ2v) is 6.32. The number of aromatic nitrogens is 1. The van der Waals surface area contributed by atoms with Crippen molar-refractivity contribution in [3.63, 3.8) is 0 Å². The molecule has 106 valence electrons. The van der Waals surface area contributed by atoms with Crippen molar-refractivity contribution in [2.45, 2.75) is 26.3 Å². The van der Waals surface area contributed by atoms with E-state index in [-0.39, 0.29) is 11.9 Å². The Morgan fingerprint density at radius 2 is 2.32 bits per heavy atom. The number of rotatable bonds is 4. The largest absolute Gasteiger partial charge is 0.384 e. The average Bonchev–Trinajstić information content (AvgIpc) is 2.95. The summed E-state index contributed by atoms with van der Waals surface area (Å²) in [5.74, 6) is 0.595. The summed E-state index contributed by atoms with van der Waals surface area (Å²) in [7, 11) is 1.71. The zero-order valence-corrected chi connectivity index (χ0v) is 13.3. The van der Waals surface area contributed by atoms with E-state index in [1.807, 2.05) is 21.7 Å². The second-order valence-electron chi connectivity index (χ2n) is 5.41. The first-order valence-corrected chi connectivity index (χ1v) is 7.47. The van der Waals surface area contributed by atoms with Crippen molar-refractivity contribution in [2.24, 2.45) is 5.92 Å². The Morgan fingerprint density at radius 1 is 1.58 bits per heavy atom. The molecule has 1 unspecified atom stereocenters. The van der Waals surface area contributed by atoms with Crippen molar-refractivity contribution in [1.82, 2.24) is 9.47 Å². The SMILES string of the molecule is COCC1CCN(C(=O)c2cc(Br)cn2C(C)C)C1. The van der Waals surface area contributed by atoms with E-state index in [9.17, 15) is 4.79 Å². The van der Waals surface area contributed by atoms with Gasteiger partial charge in [0.05, 0.1) is 6.61 Å². The number of likely N-dealkylation sites (tertiary alicyclic amines) is 1. The van der Waals surface area contributed by atoms with E-state index in [1.54, 1.807) is 7.11 Å². The molecule has 0 aliphatic carbocycles. The van der Waals surface area contributed by atoms with E-state index in [4.69, 9.17) is 4.74 Å². The van der Waals surface area contributed by atoms with Gasteiger partial charge in [-0.05, 0) is 42.3 Å². The topological polar surface area (TPSA) is 34.5 Å². The lowest BCUT2D eigenvalue weighted by Gasteiger charge is -2.19. The van der Waals surface area contributed by atoms with Crippen LogP contribution in [0.5, 0.6) is 0 Å². The maximum Gasteiger partial charge on any atom is 0.270 e. The molecule has 1 aromatic rings. The molecule has 1 aliphatic heterocycles. The van der Waals surface area contributed by atoms with Crippen LogP contribution in [0, 0.1) is 5.92 Å². The molecule has 0 saturated carbocycles. The third kappa shape index (κ3) is 3.20. The lowest BCUT2D eigenvalue weighted by Crippen LogP contribution is -2.31. The molecule has 1 atom stereocenters. The van der Waals surface area contributed by atoms with E-state index in [0.29, 0.717) is 5.92 Å². The number of hydrogen-bond donors (Lipinski definition) is 0. The number of halogens is 1. The van der Waals surface area contributed by atoms with Gasteiger partial charge < -0.3 is 14.2 Å². The smallest absolute Gasteiger partial charge is 0.270 e. The summed E-state index contributed by atoms with van der Waals surface area (Å²) in [6.07, 6.45) is 3.00. The Bertz CT molecular complexity index is 456. The molecule has 0 bridgehead atoms. The summed E-state index contributed by atoms with van der Waals surface area (Å²) in [4.78, 5) is 14.5. The highest BCUT2D eigenvalue weighted by Gasteiger charge is 2.28. The highest BCUT2D eigenvalue weighted by Crippen LogP contribution is 2.24. The van der Waals surface area contributed by atoms with Crippen molar-refractivity contribution >= 4 is 21.8 Å². The minimum Gasteiger partial charge on any atom is -0.384 e. The normalized spacial score (nSPS) is 19.4. The summed E-state index contributed by atoms with van der Waals surface area (Å²) < 4.78 is 8.15. The number of carbonyl (C=O) groups excluding carboxylic acids is 1. The zero-order valence-electron chi connectivity index (χ0n) is 11.7. The molecule has 0 N–H and O–H groups in total. The lowest BCUT2D eigenvalue weighted by molar-refractivity contribution is 0.0763. The van der Waals surface area contributed by atoms with Crippen LogP contribution in [0.25, 0.3) is 0 Å². The lowest BCUT2D eigenvalue weighted by atomic mass is 10.1. The maximum absolute atomic E-state index is 12.6. The van der Waals surface area contributed by atoms with Crippen molar-refractivity contribution in [2.75, 3.05) is 26.8 Å². The van der Waals surface area contributed by atoms with E-state index in [2.05, 4.69) is 29.8 Å². The molecule has 2 rings (SSSR count). The van der Waals surface area contributed by atoms with Gasteiger partial charge in [0.1, 0.15) is 5.69 Å². The van der Waals surface area contributed by atoms with Crippen LogP contribution < -0.4 is 0 Å². The maximum atomic E-state index is 12.6. The van der Waals surface area contributed by atoms with Crippen molar-refractivity contribution < 1.29 is 9.53 Å². The van der Waals surface area contributed by atoms with Gasteiger partial charge in [0.15, 0.2) is 0 Å². The van der Waals surface area contributed by atoms with Crippen LogP contribution in [0.15, 0.2) is 16.7 Å². The number of nitrogens with zero attached hydrogens (tertiary/aromatic N) is 2. The first-order chi connectivity index (χ1) is 9.02. The molecule has 1 fully saturated rings. The first kappa shape index (κ1) is 14.6. The number of hydrogen-bond acceptors (Lipinski definition) is 2. The Kier molecular flexibility index (Phi) is 4.68. The van der Waals surface area contributed by atoms with Gasteiger partial charge in [-0.25, -0.2) is 0 Å². The van der Waals surface area contributed by atoms with E-state index < -0.39 is 0 Å². The van der Waals surface area contributed by atoms with Crippen molar-refractivity contribution in [3.05, 3.63) is 22.4 Å². The Morgan fingerprint density at radius 3 is 2.95 bits per heavy atom. The van der Waals surface area contributed by atoms with Crippen LogP contribution in [0.1, 0.15) is 36.8 Å². The predicted molar refractivity (Wildman–Crippen MR) is 78.4 cm³/mol. The molecule has 1 saturated heterocycles. The van der Waals surface area contributed by atoms with Crippen molar-refractivity contribution in [1.29, 1.82) is 0 Å². The molecule has 1 aromatic heterocycles. The summed E-state index contributed by atoms with van der Waals surface area (Å²) in [5.41, 5.74) is 0.764. The molecule has 5 heteroatoms. The van der Waals surface area contributed by atoms with Crippen molar-refractivity contribution in [3.8, 4) is 0 Å². The van der Waals surface area contributed by atoms with Gasteiger partial charge in [-0.1, -0.05) is 0 Å². The van der Waals surface area contributed by atoms with Crippen LogP contribution in [0.4, 0.5) is 0 Å². The third-order valence-corrected chi connectivity index (χ3v) is 4.00. The van der Waals surface area contributed by atoms with Gasteiger partial charge in [-0.3, -0.25) is 4.79 Å². The molecule has 19 heavy (non-hydrogen) atoms. The van der Waals surface area contributed by atoms with Gasteiger partial charge in [0.25, 0.3) is 5.91 Å². The Balaban J connectivity index is 2.12. The molecular formula is C14H21BrN2O2. The number of methoxy groups -OCH3 is 1. The molecule has 0 aromatic carbocycles. The minimum absolute atomic E-state index is 0.123.